The van der Waals surface area contributed by atoms with Crippen LogP contribution in [-0.2, 0) is 10.2 Å². The molecule has 0 bridgehead atoms. The zero-order chi connectivity index (χ0) is 13.9. The number of hydrogen-bond acceptors (Lipinski definition) is 3. The first kappa shape index (κ1) is 14.6. The van der Waals surface area contributed by atoms with E-state index in [0.29, 0.717) is 36.3 Å². The molecule has 0 unspecified atom stereocenters. The van der Waals surface area contributed by atoms with Gasteiger partial charge in [-0.3, -0.25) is 4.72 Å². The van der Waals surface area contributed by atoms with Gasteiger partial charge in [0.1, 0.15) is 0 Å². The van der Waals surface area contributed by atoms with Crippen LogP contribution in [0.1, 0.15) is 12.8 Å². The Labute approximate surface area is 118 Å². The molecular formula is C12H18ClN3O2S. The Morgan fingerprint density at radius 3 is 2.63 bits per heavy atom. The Balaban J connectivity index is 2.03. The molecule has 2 rings (SSSR count). The Morgan fingerprint density at radius 2 is 2.05 bits per heavy atom. The lowest BCUT2D eigenvalue weighted by Gasteiger charge is -2.30. The highest BCUT2D eigenvalue weighted by Crippen LogP contribution is 2.21. The zero-order valence-corrected chi connectivity index (χ0v) is 12.1. The molecule has 1 aliphatic rings. The van der Waals surface area contributed by atoms with E-state index in [-0.39, 0.29) is 0 Å². The van der Waals surface area contributed by atoms with Gasteiger partial charge in [-0.1, -0.05) is 17.7 Å². The Kier molecular flexibility index (Phi) is 4.67. The van der Waals surface area contributed by atoms with Crippen molar-refractivity contribution < 1.29 is 8.42 Å². The number of piperidine rings is 1. The van der Waals surface area contributed by atoms with E-state index < -0.39 is 10.2 Å². The van der Waals surface area contributed by atoms with Crippen molar-refractivity contribution in [2.75, 3.05) is 24.4 Å². The summed E-state index contributed by atoms with van der Waals surface area (Å²) >= 11 is 5.84. The summed E-state index contributed by atoms with van der Waals surface area (Å²) in [6.07, 6.45) is 1.62. The second-order valence-corrected chi connectivity index (χ2v) is 6.80. The minimum atomic E-state index is -3.50. The highest BCUT2D eigenvalue weighted by Gasteiger charge is 2.27. The third-order valence-electron chi connectivity index (χ3n) is 3.32. The summed E-state index contributed by atoms with van der Waals surface area (Å²) in [4.78, 5) is 0. The summed E-state index contributed by atoms with van der Waals surface area (Å²) in [5.74, 6) is 0.428. The van der Waals surface area contributed by atoms with Crippen molar-refractivity contribution in [1.82, 2.24) is 4.31 Å². The third-order valence-corrected chi connectivity index (χ3v) is 5.09. The summed E-state index contributed by atoms with van der Waals surface area (Å²) in [6, 6.07) is 6.68. The number of nitrogens with two attached hydrogens (primary N) is 1. The second kappa shape index (κ2) is 6.09. The molecule has 0 spiro atoms. The Bertz CT molecular complexity index is 528. The van der Waals surface area contributed by atoms with Gasteiger partial charge in [-0.15, -0.1) is 0 Å². The molecule has 1 saturated heterocycles. The van der Waals surface area contributed by atoms with Crippen molar-refractivity contribution >= 4 is 27.5 Å². The molecule has 0 saturated carbocycles. The lowest BCUT2D eigenvalue weighted by molar-refractivity contribution is 0.280. The fourth-order valence-electron chi connectivity index (χ4n) is 2.15. The maximum Gasteiger partial charge on any atom is 0.301 e. The lowest BCUT2D eigenvalue weighted by Crippen LogP contribution is -2.42. The first-order chi connectivity index (χ1) is 9.01. The number of hydrogen-bond donors (Lipinski definition) is 2. The van der Waals surface area contributed by atoms with Gasteiger partial charge in [-0.05, 0) is 43.5 Å². The summed E-state index contributed by atoms with van der Waals surface area (Å²) in [6.45, 7) is 1.64. The van der Waals surface area contributed by atoms with Crippen molar-refractivity contribution in [1.29, 1.82) is 0 Å². The Hall–Kier alpha value is -0.820. The number of nitrogens with one attached hydrogen (secondary N) is 1. The molecule has 1 aliphatic heterocycles. The molecule has 5 nitrogen and oxygen atoms in total. The van der Waals surface area contributed by atoms with E-state index in [1.807, 2.05) is 0 Å². The van der Waals surface area contributed by atoms with Crippen LogP contribution in [0.3, 0.4) is 0 Å². The molecule has 0 amide bonds. The predicted octanol–water partition coefficient (Wildman–Crippen LogP) is 1.67. The van der Waals surface area contributed by atoms with E-state index in [4.69, 9.17) is 17.3 Å². The van der Waals surface area contributed by atoms with Gasteiger partial charge >= 0.3 is 10.2 Å². The number of halogens is 1. The number of nitrogens with zero attached hydrogens (tertiary/aromatic N) is 1. The average Bonchev–Trinajstić information content (AvgIpc) is 2.38. The van der Waals surface area contributed by atoms with Crippen molar-refractivity contribution in [3.63, 3.8) is 0 Å². The van der Waals surface area contributed by atoms with Gasteiger partial charge in [0.2, 0.25) is 0 Å². The predicted molar refractivity (Wildman–Crippen MR) is 77.3 cm³/mol. The topological polar surface area (TPSA) is 75.4 Å². The molecular weight excluding hydrogens is 286 g/mol. The summed E-state index contributed by atoms with van der Waals surface area (Å²) in [5.41, 5.74) is 6.08. The molecule has 0 atom stereocenters. The van der Waals surface area contributed by atoms with Crippen LogP contribution < -0.4 is 10.5 Å². The van der Waals surface area contributed by atoms with E-state index in [1.54, 1.807) is 24.3 Å². The van der Waals surface area contributed by atoms with Gasteiger partial charge in [0.05, 0.1) is 5.69 Å². The van der Waals surface area contributed by atoms with E-state index in [2.05, 4.69) is 4.72 Å². The van der Waals surface area contributed by atoms with Gasteiger partial charge in [0.25, 0.3) is 0 Å². The van der Waals surface area contributed by atoms with E-state index in [0.717, 1.165) is 12.8 Å². The first-order valence-electron chi connectivity index (χ1n) is 6.25. The molecule has 106 valence electrons. The van der Waals surface area contributed by atoms with Crippen molar-refractivity contribution in [3.05, 3.63) is 29.3 Å². The van der Waals surface area contributed by atoms with Gasteiger partial charge in [-0.25, -0.2) is 0 Å². The fraction of sp³-hybridized carbons (Fsp3) is 0.500. The second-order valence-electron chi connectivity index (χ2n) is 4.70. The largest absolute Gasteiger partial charge is 0.330 e. The Morgan fingerprint density at radius 1 is 1.37 bits per heavy atom. The van der Waals surface area contributed by atoms with Crippen LogP contribution in [0.4, 0.5) is 5.69 Å². The molecule has 0 aliphatic carbocycles. The minimum Gasteiger partial charge on any atom is -0.330 e. The minimum absolute atomic E-state index is 0.428. The van der Waals surface area contributed by atoms with Crippen LogP contribution >= 0.6 is 11.6 Å². The van der Waals surface area contributed by atoms with Gasteiger partial charge in [-0.2, -0.15) is 12.7 Å². The number of anilines is 1. The molecule has 7 heteroatoms. The summed E-state index contributed by atoms with van der Waals surface area (Å²) in [5, 5.41) is 0.502. The highest BCUT2D eigenvalue weighted by molar-refractivity contribution is 7.90. The normalized spacial score (nSPS) is 18.4. The maximum atomic E-state index is 12.2. The summed E-state index contributed by atoms with van der Waals surface area (Å²) < 4.78 is 28.4. The molecule has 1 aromatic rings. The molecule has 0 aromatic heterocycles. The van der Waals surface area contributed by atoms with Gasteiger partial charge < -0.3 is 5.73 Å². The van der Waals surface area contributed by atoms with Crippen molar-refractivity contribution in [2.24, 2.45) is 11.7 Å². The monoisotopic (exact) mass is 303 g/mol. The SMILES string of the molecule is NCC1CCN(S(=O)(=O)Nc2cccc(Cl)c2)CC1. The zero-order valence-electron chi connectivity index (χ0n) is 10.5. The molecule has 1 aromatic carbocycles. The molecule has 1 fully saturated rings. The van der Waals surface area contributed by atoms with E-state index >= 15 is 0 Å². The van der Waals surface area contributed by atoms with Crippen molar-refractivity contribution in [3.8, 4) is 0 Å². The van der Waals surface area contributed by atoms with Gasteiger partial charge in [0, 0.05) is 18.1 Å². The van der Waals surface area contributed by atoms with Crippen LogP contribution in [0.15, 0.2) is 24.3 Å². The number of benzene rings is 1. The van der Waals surface area contributed by atoms with Crippen LogP contribution in [0.2, 0.25) is 5.02 Å². The molecule has 0 radical (unpaired) electrons. The summed E-state index contributed by atoms with van der Waals surface area (Å²) in [7, 11) is -3.50. The van der Waals surface area contributed by atoms with E-state index in [9.17, 15) is 8.42 Å². The van der Waals surface area contributed by atoms with Crippen LogP contribution in [0, 0.1) is 5.92 Å². The third kappa shape index (κ3) is 3.82. The quantitative estimate of drug-likeness (QED) is 0.888. The molecule has 19 heavy (non-hydrogen) atoms. The molecule has 1 heterocycles. The first-order valence-corrected chi connectivity index (χ1v) is 8.06. The van der Waals surface area contributed by atoms with Gasteiger partial charge in [0.15, 0.2) is 0 Å². The number of rotatable bonds is 4. The smallest absolute Gasteiger partial charge is 0.301 e. The van der Waals surface area contributed by atoms with Crippen molar-refractivity contribution in [2.45, 2.75) is 12.8 Å². The average molecular weight is 304 g/mol. The van der Waals surface area contributed by atoms with E-state index in [1.165, 1.54) is 4.31 Å². The highest BCUT2D eigenvalue weighted by atomic mass is 35.5. The van der Waals surface area contributed by atoms with Crippen LogP contribution in [0.25, 0.3) is 0 Å². The van der Waals surface area contributed by atoms with Crippen LogP contribution in [-0.4, -0.2) is 32.4 Å². The lowest BCUT2D eigenvalue weighted by atomic mass is 9.99. The standard InChI is InChI=1S/C12H18ClN3O2S/c13-11-2-1-3-12(8-11)15-19(17,18)16-6-4-10(9-14)5-7-16/h1-3,8,10,15H,4-7,9,14H2. The maximum absolute atomic E-state index is 12.2. The van der Waals surface area contributed by atoms with Crippen LogP contribution in [0.5, 0.6) is 0 Å². The molecule has 3 N–H and O–H groups in total. The fourth-order valence-corrected chi connectivity index (χ4v) is 3.59.